The van der Waals surface area contributed by atoms with Gasteiger partial charge in [-0.25, -0.2) is 0 Å². The van der Waals surface area contributed by atoms with E-state index >= 15 is 0 Å². The number of ketones is 2. The van der Waals surface area contributed by atoms with Crippen LogP contribution in [0.4, 0.5) is 0 Å². The lowest BCUT2D eigenvalue weighted by molar-refractivity contribution is -0.130. The van der Waals surface area contributed by atoms with Crippen molar-refractivity contribution in [2.24, 2.45) is 0 Å². The molecule has 0 atom stereocenters. The highest BCUT2D eigenvalue weighted by Crippen LogP contribution is 1.94. The van der Waals surface area contributed by atoms with Gasteiger partial charge in [-0.05, 0) is 27.7 Å². The molecule has 0 saturated heterocycles. The molecular formula is C17H30N2O6. The van der Waals surface area contributed by atoms with E-state index in [0.29, 0.717) is 6.61 Å². The second kappa shape index (κ2) is 13.5. The molecule has 25 heavy (non-hydrogen) atoms. The number of nitrogens with one attached hydrogen (secondary N) is 2. The van der Waals surface area contributed by atoms with Gasteiger partial charge in [0.15, 0.2) is 11.6 Å². The van der Waals surface area contributed by atoms with Crippen LogP contribution < -0.4 is 10.6 Å². The van der Waals surface area contributed by atoms with Crippen LogP contribution in [-0.2, 0) is 28.7 Å². The molecule has 8 nitrogen and oxygen atoms in total. The third kappa shape index (κ3) is 15.5. The first-order chi connectivity index (χ1) is 11.7. The van der Waals surface area contributed by atoms with E-state index in [-0.39, 0.29) is 74.5 Å². The van der Waals surface area contributed by atoms with Crippen molar-refractivity contribution >= 4 is 23.4 Å². The van der Waals surface area contributed by atoms with Gasteiger partial charge < -0.3 is 20.1 Å². The van der Waals surface area contributed by atoms with Gasteiger partial charge in [0.25, 0.3) is 0 Å². The van der Waals surface area contributed by atoms with Gasteiger partial charge in [-0.3, -0.25) is 19.2 Å². The zero-order valence-electron chi connectivity index (χ0n) is 15.6. The number of carbonyl (C=O) groups excluding carboxylic acids is 4. The van der Waals surface area contributed by atoms with Gasteiger partial charge in [-0.15, -0.1) is 0 Å². The Morgan fingerprint density at radius 1 is 0.720 bits per heavy atom. The number of carbonyl (C=O) groups is 4. The van der Waals surface area contributed by atoms with E-state index in [9.17, 15) is 19.2 Å². The molecule has 0 aliphatic heterocycles. The first-order valence-corrected chi connectivity index (χ1v) is 8.50. The number of rotatable bonds is 14. The van der Waals surface area contributed by atoms with Gasteiger partial charge in [-0.2, -0.15) is 0 Å². The van der Waals surface area contributed by atoms with Gasteiger partial charge in [0.1, 0.15) is 6.61 Å². The third-order valence-corrected chi connectivity index (χ3v) is 2.98. The number of hydrogen-bond donors (Lipinski definition) is 2. The van der Waals surface area contributed by atoms with Crippen molar-refractivity contribution in [3.8, 4) is 0 Å². The van der Waals surface area contributed by atoms with Crippen molar-refractivity contribution in [1.29, 1.82) is 0 Å². The quantitative estimate of drug-likeness (QED) is 0.464. The highest BCUT2D eigenvalue weighted by atomic mass is 16.5. The van der Waals surface area contributed by atoms with Crippen LogP contribution in [0.3, 0.4) is 0 Å². The first kappa shape index (κ1) is 23.2. The second-order valence-corrected chi connectivity index (χ2v) is 6.16. The Hall–Kier alpha value is -1.80. The summed E-state index contributed by atoms with van der Waals surface area (Å²) in [7, 11) is 0. The highest BCUT2D eigenvalue weighted by Gasteiger charge is 2.11. The van der Waals surface area contributed by atoms with Crippen molar-refractivity contribution in [2.45, 2.75) is 59.2 Å². The summed E-state index contributed by atoms with van der Waals surface area (Å²) in [6.07, 6.45) is 0.215. The standard InChI is InChI=1S/C17H30N2O6/c1-12(2)24-8-7-15(21)10-18-16(22)6-5-14(20)9-19-17(23)11-25-13(3)4/h12-13H,5-11H2,1-4H3,(H,18,22)(H,19,23). The topological polar surface area (TPSA) is 111 Å². The largest absolute Gasteiger partial charge is 0.378 e. The van der Waals surface area contributed by atoms with Crippen LogP contribution in [0.25, 0.3) is 0 Å². The minimum absolute atomic E-state index is 0.00179. The van der Waals surface area contributed by atoms with Crippen LogP contribution in [0.5, 0.6) is 0 Å². The molecule has 2 amide bonds. The van der Waals surface area contributed by atoms with E-state index < -0.39 is 0 Å². The summed E-state index contributed by atoms with van der Waals surface area (Å²) in [6.45, 7) is 7.38. The summed E-state index contributed by atoms with van der Waals surface area (Å²) in [5.74, 6) is -1.14. The monoisotopic (exact) mass is 358 g/mol. The SMILES string of the molecule is CC(C)OCCC(=O)CNC(=O)CCC(=O)CNC(=O)COC(C)C. The van der Waals surface area contributed by atoms with Gasteiger partial charge >= 0.3 is 0 Å². The fraction of sp³-hybridized carbons (Fsp3) is 0.765. The van der Waals surface area contributed by atoms with E-state index in [2.05, 4.69) is 10.6 Å². The van der Waals surface area contributed by atoms with Crippen LogP contribution in [0.15, 0.2) is 0 Å². The summed E-state index contributed by atoms with van der Waals surface area (Å²) >= 11 is 0. The molecule has 0 aromatic heterocycles. The molecule has 0 heterocycles. The maximum Gasteiger partial charge on any atom is 0.246 e. The number of ether oxygens (including phenoxy) is 2. The number of Topliss-reactive ketones (excluding diaryl/α,β-unsaturated/α-hetero) is 2. The highest BCUT2D eigenvalue weighted by molar-refractivity contribution is 5.90. The Kier molecular flexibility index (Phi) is 12.5. The molecule has 144 valence electrons. The van der Waals surface area contributed by atoms with Crippen molar-refractivity contribution in [3.05, 3.63) is 0 Å². The zero-order chi connectivity index (χ0) is 19.2. The molecule has 2 N–H and O–H groups in total. The van der Waals surface area contributed by atoms with E-state index in [1.165, 1.54) is 0 Å². The molecule has 0 aliphatic rings. The Morgan fingerprint density at radius 2 is 1.24 bits per heavy atom. The molecule has 0 aliphatic carbocycles. The number of hydrogen-bond acceptors (Lipinski definition) is 6. The molecule has 0 fully saturated rings. The van der Waals surface area contributed by atoms with Crippen LogP contribution in [0.1, 0.15) is 47.0 Å². The molecule has 0 saturated carbocycles. The van der Waals surface area contributed by atoms with E-state index in [1.807, 2.05) is 13.8 Å². The van der Waals surface area contributed by atoms with Crippen LogP contribution >= 0.6 is 0 Å². The maximum atomic E-state index is 11.6. The molecule has 0 bridgehead atoms. The lowest BCUT2D eigenvalue weighted by Gasteiger charge is -2.08. The molecule has 0 aromatic carbocycles. The van der Waals surface area contributed by atoms with E-state index in [1.54, 1.807) is 13.8 Å². The second-order valence-electron chi connectivity index (χ2n) is 6.16. The predicted molar refractivity (Wildman–Crippen MR) is 92.1 cm³/mol. The lowest BCUT2D eigenvalue weighted by atomic mass is 10.2. The molecule has 0 unspecified atom stereocenters. The average molecular weight is 358 g/mol. The average Bonchev–Trinajstić information content (AvgIpc) is 2.53. The molecule has 8 heteroatoms. The van der Waals surface area contributed by atoms with Crippen LogP contribution in [0, 0.1) is 0 Å². The Morgan fingerprint density at radius 3 is 1.80 bits per heavy atom. The third-order valence-electron chi connectivity index (χ3n) is 2.98. The van der Waals surface area contributed by atoms with Crippen molar-refractivity contribution in [3.63, 3.8) is 0 Å². The van der Waals surface area contributed by atoms with Crippen molar-refractivity contribution < 1.29 is 28.7 Å². The molecular weight excluding hydrogens is 328 g/mol. The Labute approximate surface area is 149 Å². The summed E-state index contributed by atoms with van der Waals surface area (Å²) in [5.41, 5.74) is 0. The summed E-state index contributed by atoms with van der Waals surface area (Å²) in [4.78, 5) is 46.1. The van der Waals surface area contributed by atoms with Crippen LogP contribution in [0.2, 0.25) is 0 Å². The van der Waals surface area contributed by atoms with Gasteiger partial charge in [0, 0.05) is 19.3 Å². The van der Waals surface area contributed by atoms with Crippen molar-refractivity contribution in [1.82, 2.24) is 10.6 Å². The minimum atomic E-state index is -0.374. The van der Waals surface area contributed by atoms with Gasteiger partial charge in [-0.1, -0.05) is 0 Å². The minimum Gasteiger partial charge on any atom is -0.378 e. The summed E-state index contributed by atoms with van der Waals surface area (Å²) < 4.78 is 10.4. The molecule has 0 radical (unpaired) electrons. The fourth-order valence-electron chi connectivity index (χ4n) is 1.61. The summed E-state index contributed by atoms with van der Waals surface area (Å²) in [6, 6.07) is 0. The van der Waals surface area contributed by atoms with Crippen LogP contribution in [-0.4, -0.2) is 61.9 Å². The molecule has 0 aromatic rings. The first-order valence-electron chi connectivity index (χ1n) is 8.50. The normalized spacial score (nSPS) is 10.8. The lowest BCUT2D eigenvalue weighted by Crippen LogP contribution is -2.34. The molecule has 0 rings (SSSR count). The fourth-order valence-corrected chi connectivity index (χ4v) is 1.61. The van der Waals surface area contributed by atoms with E-state index in [4.69, 9.17) is 9.47 Å². The van der Waals surface area contributed by atoms with E-state index in [0.717, 1.165) is 0 Å². The predicted octanol–water partition coefficient (Wildman–Crippen LogP) is 0.377. The van der Waals surface area contributed by atoms with Gasteiger partial charge in [0.2, 0.25) is 11.8 Å². The van der Waals surface area contributed by atoms with Crippen molar-refractivity contribution in [2.75, 3.05) is 26.3 Å². The van der Waals surface area contributed by atoms with Gasteiger partial charge in [0.05, 0.1) is 31.9 Å². The number of amides is 2. The zero-order valence-corrected chi connectivity index (χ0v) is 15.6. The Bertz CT molecular complexity index is 448. The summed E-state index contributed by atoms with van der Waals surface area (Å²) in [5, 5.41) is 4.90. The maximum absolute atomic E-state index is 11.6. The Balaban J connectivity index is 3.75. The smallest absolute Gasteiger partial charge is 0.246 e. The molecule has 0 spiro atoms.